The first-order valence-electron chi connectivity index (χ1n) is 5.12. The average molecular weight is 292 g/mol. The molecule has 0 aliphatic heterocycles. The van der Waals surface area contributed by atoms with Crippen LogP contribution in [0, 0.1) is 5.92 Å². The fraction of sp³-hybridized carbons (Fsp3) is 0.500. The normalized spacial score (nSPS) is 14.7. The molecule has 2 atom stereocenters. The van der Waals surface area contributed by atoms with E-state index in [1.54, 1.807) is 0 Å². The number of ether oxygens (including phenoxy) is 1. The predicted molar refractivity (Wildman–Crippen MR) is 68.7 cm³/mol. The number of benzene rings is 1. The van der Waals surface area contributed by atoms with Gasteiger partial charge in [0.15, 0.2) is 0 Å². The first-order valence-corrected chi connectivity index (χ1v) is 6.35. The van der Waals surface area contributed by atoms with Crippen LogP contribution in [0.1, 0.15) is 20.3 Å². The summed E-state index contributed by atoms with van der Waals surface area (Å²) in [4.78, 5) is 0. The summed E-state index contributed by atoms with van der Waals surface area (Å²) in [5.74, 6) is 1.40. The monoisotopic (exact) mass is 290 g/mol. The summed E-state index contributed by atoms with van der Waals surface area (Å²) in [6.07, 6.45) is 0.987. The largest absolute Gasteiger partial charge is 0.494 e. The van der Waals surface area contributed by atoms with Gasteiger partial charge in [0.2, 0.25) is 0 Å². The van der Waals surface area contributed by atoms with Crippen LogP contribution in [-0.4, -0.2) is 12.0 Å². The quantitative estimate of drug-likeness (QED) is 0.727. The third-order valence-corrected chi connectivity index (χ3v) is 3.40. The van der Waals surface area contributed by atoms with Gasteiger partial charge in [0.05, 0.1) is 6.61 Å². The van der Waals surface area contributed by atoms with Crippen LogP contribution >= 0.6 is 27.5 Å². The van der Waals surface area contributed by atoms with E-state index in [0.29, 0.717) is 5.92 Å². The molecule has 0 saturated carbocycles. The predicted octanol–water partition coefficient (Wildman–Crippen LogP) is 4.48. The fourth-order valence-electron chi connectivity index (χ4n) is 1.12. The highest BCUT2D eigenvalue weighted by Gasteiger charge is 2.08. The Morgan fingerprint density at radius 1 is 1.27 bits per heavy atom. The number of hydrogen-bond donors (Lipinski definition) is 0. The van der Waals surface area contributed by atoms with Gasteiger partial charge in [0, 0.05) is 9.85 Å². The highest BCUT2D eigenvalue weighted by molar-refractivity contribution is 9.10. The standard InChI is InChI=1S/C12H16BrClO/c1-9(10(2)14)7-8-15-12-5-3-11(13)4-6-12/h3-6,9-10H,7-8H2,1-2H3. The molecule has 0 aromatic heterocycles. The maximum Gasteiger partial charge on any atom is 0.119 e. The molecule has 0 N–H and O–H groups in total. The smallest absolute Gasteiger partial charge is 0.119 e. The molecule has 3 heteroatoms. The Bertz CT molecular complexity index is 284. The Kier molecular flexibility index (Phi) is 5.48. The third kappa shape index (κ3) is 4.89. The second kappa shape index (κ2) is 6.39. The summed E-state index contributed by atoms with van der Waals surface area (Å²) < 4.78 is 6.67. The molecule has 0 saturated heterocycles. The first-order chi connectivity index (χ1) is 7.09. The second-order valence-corrected chi connectivity index (χ2v) is 5.35. The molecule has 0 radical (unpaired) electrons. The molecule has 0 aliphatic carbocycles. The topological polar surface area (TPSA) is 9.23 Å². The van der Waals surface area contributed by atoms with Gasteiger partial charge in [-0.1, -0.05) is 22.9 Å². The lowest BCUT2D eigenvalue weighted by Gasteiger charge is -2.14. The van der Waals surface area contributed by atoms with Crippen LogP contribution in [0.15, 0.2) is 28.7 Å². The lowest BCUT2D eigenvalue weighted by Crippen LogP contribution is -2.11. The van der Waals surface area contributed by atoms with Crippen LogP contribution in [0.4, 0.5) is 0 Å². The van der Waals surface area contributed by atoms with E-state index in [9.17, 15) is 0 Å². The summed E-state index contributed by atoms with van der Waals surface area (Å²) in [5.41, 5.74) is 0. The minimum atomic E-state index is 0.207. The zero-order chi connectivity index (χ0) is 11.3. The van der Waals surface area contributed by atoms with Crippen molar-refractivity contribution in [2.24, 2.45) is 5.92 Å². The van der Waals surface area contributed by atoms with Crippen LogP contribution < -0.4 is 4.74 Å². The van der Waals surface area contributed by atoms with Gasteiger partial charge in [-0.3, -0.25) is 0 Å². The molecule has 0 spiro atoms. The van der Waals surface area contributed by atoms with Crippen LogP contribution in [0.2, 0.25) is 0 Å². The lowest BCUT2D eigenvalue weighted by molar-refractivity contribution is 0.283. The molecular formula is C12H16BrClO. The van der Waals surface area contributed by atoms with E-state index in [1.165, 1.54) is 0 Å². The molecule has 1 aromatic rings. The van der Waals surface area contributed by atoms with Crippen LogP contribution in [0.3, 0.4) is 0 Å². The Hall–Kier alpha value is -0.210. The second-order valence-electron chi connectivity index (χ2n) is 3.75. The van der Waals surface area contributed by atoms with Gasteiger partial charge in [0.25, 0.3) is 0 Å². The summed E-state index contributed by atoms with van der Waals surface area (Å²) in [5, 5.41) is 0.207. The molecule has 0 amide bonds. The van der Waals surface area contributed by atoms with Gasteiger partial charge in [0.1, 0.15) is 5.75 Å². The van der Waals surface area contributed by atoms with Crippen LogP contribution in [0.25, 0.3) is 0 Å². The van der Waals surface area contributed by atoms with Gasteiger partial charge in [-0.2, -0.15) is 0 Å². The maximum atomic E-state index is 5.97. The highest BCUT2D eigenvalue weighted by Crippen LogP contribution is 2.18. The summed E-state index contributed by atoms with van der Waals surface area (Å²) in [6, 6.07) is 7.86. The van der Waals surface area contributed by atoms with Crippen LogP contribution in [-0.2, 0) is 0 Å². The summed E-state index contributed by atoms with van der Waals surface area (Å²) in [6.45, 7) is 4.88. The Labute approximate surface area is 105 Å². The Morgan fingerprint density at radius 3 is 2.40 bits per heavy atom. The molecule has 1 rings (SSSR count). The number of rotatable bonds is 5. The van der Waals surface area contributed by atoms with Gasteiger partial charge in [-0.05, 0) is 43.5 Å². The van der Waals surface area contributed by atoms with Crippen molar-refractivity contribution in [2.75, 3.05) is 6.61 Å². The van der Waals surface area contributed by atoms with E-state index in [4.69, 9.17) is 16.3 Å². The van der Waals surface area contributed by atoms with Crippen molar-refractivity contribution in [3.63, 3.8) is 0 Å². The van der Waals surface area contributed by atoms with Gasteiger partial charge in [-0.25, -0.2) is 0 Å². The van der Waals surface area contributed by atoms with Crippen molar-refractivity contribution < 1.29 is 4.74 Å². The summed E-state index contributed by atoms with van der Waals surface area (Å²) >= 11 is 9.35. The molecule has 0 aliphatic rings. The number of alkyl halides is 1. The van der Waals surface area contributed by atoms with Crippen molar-refractivity contribution in [2.45, 2.75) is 25.6 Å². The van der Waals surface area contributed by atoms with Crippen molar-refractivity contribution in [3.8, 4) is 5.75 Å². The average Bonchev–Trinajstić information content (AvgIpc) is 2.20. The van der Waals surface area contributed by atoms with Crippen molar-refractivity contribution in [1.82, 2.24) is 0 Å². The summed E-state index contributed by atoms with van der Waals surface area (Å²) in [7, 11) is 0. The van der Waals surface area contributed by atoms with Crippen molar-refractivity contribution in [3.05, 3.63) is 28.7 Å². The SMILES string of the molecule is CC(Cl)C(C)CCOc1ccc(Br)cc1. The molecule has 15 heavy (non-hydrogen) atoms. The van der Waals surface area contributed by atoms with Crippen molar-refractivity contribution in [1.29, 1.82) is 0 Å². The molecule has 1 aromatic carbocycles. The highest BCUT2D eigenvalue weighted by atomic mass is 79.9. The van der Waals surface area contributed by atoms with E-state index < -0.39 is 0 Å². The molecule has 1 nitrogen and oxygen atoms in total. The van der Waals surface area contributed by atoms with E-state index >= 15 is 0 Å². The zero-order valence-electron chi connectivity index (χ0n) is 9.04. The Balaban J connectivity index is 2.29. The zero-order valence-corrected chi connectivity index (χ0v) is 11.4. The third-order valence-electron chi connectivity index (χ3n) is 2.44. The molecule has 84 valence electrons. The minimum Gasteiger partial charge on any atom is -0.494 e. The van der Waals surface area contributed by atoms with Gasteiger partial charge in [-0.15, -0.1) is 11.6 Å². The van der Waals surface area contributed by atoms with Gasteiger partial charge < -0.3 is 4.74 Å². The maximum absolute atomic E-state index is 5.97. The fourth-order valence-corrected chi connectivity index (χ4v) is 1.51. The van der Waals surface area contributed by atoms with E-state index in [2.05, 4.69) is 22.9 Å². The number of hydrogen-bond acceptors (Lipinski definition) is 1. The lowest BCUT2D eigenvalue weighted by atomic mass is 10.1. The molecule has 0 bridgehead atoms. The Morgan fingerprint density at radius 2 is 1.87 bits per heavy atom. The molecule has 0 fully saturated rings. The minimum absolute atomic E-state index is 0.207. The molecular weight excluding hydrogens is 275 g/mol. The first kappa shape index (κ1) is 12.9. The van der Waals surface area contributed by atoms with Crippen molar-refractivity contribution >= 4 is 27.5 Å². The molecule has 2 unspecified atom stereocenters. The number of halogens is 2. The van der Waals surface area contributed by atoms with E-state index in [0.717, 1.165) is 23.2 Å². The van der Waals surface area contributed by atoms with Crippen LogP contribution in [0.5, 0.6) is 5.75 Å². The van der Waals surface area contributed by atoms with Gasteiger partial charge >= 0.3 is 0 Å². The molecule has 0 heterocycles. The van der Waals surface area contributed by atoms with E-state index in [-0.39, 0.29) is 5.38 Å². The van der Waals surface area contributed by atoms with E-state index in [1.807, 2.05) is 31.2 Å².